The first-order valence-electron chi connectivity index (χ1n) is 3.70. The van der Waals surface area contributed by atoms with Crippen LogP contribution in [-0.2, 0) is 0 Å². The van der Waals surface area contributed by atoms with Crippen molar-refractivity contribution in [2.45, 2.75) is 0 Å². The minimum atomic E-state index is -1.22. The van der Waals surface area contributed by atoms with Gasteiger partial charge in [0.1, 0.15) is 5.75 Å². The van der Waals surface area contributed by atoms with Crippen LogP contribution >= 0.6 is 0 Å². The second kappa shape index (κ2) is 5.32. The van der Waals surface area contributed by atoms with Crippen molar-refractivity contribution in [3.63, 3.8) is 0 Å². The second-order valence-corrected chi connectivity index (χ2v) is 2.52. The summed E-state index contributed by atoms with van der Waals surface area (Å²) < 4.78 is 0. The summed E-state index contributed by atoms with van der Waals surface area (Å²) in [7, 11) is 0. The summed E-state index contributed by atoms with van der Waals surface area (Å²) in [4.78, 5) is 10.3. The molecule has 0 bridgehead atoms. The van der Waals surface area contributed by atoms with E-state index < -0.39 is 11.7 Å². The van der Waals surface area contributed by atoms with E-state index in [1.165, 1.54) is 0 Å². The van der Waals surface area contributed by atoms with E-state index in [1.807, 2.05) is 0 Å². The van der Waals surface area contributed by atoms with Crippen LogP contribution < -0.4 is 22.0 Å². The van der Waals surface area contributed by atoms with Crippen molar-refractivity contribution in [3.8, 4) is 11.5 Å². The Kier molecular flexibility index (Phi) is 4.46. The van der Waals surface area contributed by atoms with Gasteiger partial charge < -0.3 is 15.3 Å². The van der Waals surface area contributed by atoms with Crippen molar-refractivity contribution in [3.05, 3.63) is 23.8 Å². The molecule has 7 nitrogen and oxygen atoms in total. The van der Waals surface area contributed by atoms with Gasteiger partial charge in [-0.2, -0.15) is 0 Å². The lowest BCUT2D eigenvalue weighted by molar-refractivity contribution is -0.268. The fourth-order valence-corrected chi connectivity index (χ4v) is 0.707. The maximum atomic E-state index is 10.6. The van der Waals surface area contributed by atoms with Gasteiger partial charge in [0, 0.05) is 0 Å². The first kappa shape index (κ1) is 12.6. The zero-order valence-corrected chi connectivity index (χ0v) is 7.68. The van der Waals surface area contributed by atoms with Gasteiger partial charge in [0.05, 0.1) is 5.56 Å². The Balaban J connectivity index is 0.000000423. The van der Waals surface area contributed by atoms with Gasteiger partial charge in [0.2, 0.25) is 0 Å². The van der Waals surface area contributed by atoms with Crippen LogP contribution in [0.1, 0.15) is 10.4 Å². The average Bonchev–Trinajstić information content (AvgIpc) is 2.00. The van der Waals surface area contributed by atoms with Gasteiger partial charge >= 0.3 is 11.9 Å². The van der Waals surface area contributed by atoms with Crippen LogP contribution in [0.3, 0.4) is 0 Å². The van der Waals surface area contributed by atoms with Gasteiger partial charge in [-0.05, 0) is 12.1 Å². The molecule has 0 aliphatic heterocycles. The third-order valence-electron chi connectivity index (χ3n) is 1.14. The molecule has 1 rings (SSSR count). The molecule has 1 aromatic carbocycles. The smallest absolute Gasteiger partial charge is 0.336 e. The molecule has 1 aromatic rings. The maximum Gasteiger partial charge on any atom is 0.336 e. The van der Waals surface area contributed by atoms with Gasteiger partial charge in [0.25, 0.3) is 0 Å². The van der Waals surface area contributed by atoms with Crippen LogP contribution in [0.15, 0.2) is 18.2 Å². The number of aromatic carboxylic acids is 1. The molecule has 0 amide bonds. The molecule has 0 atom stereocenters. The Morgan fingerprint density at radius 3 is 2.13 bits per heavy atom. The van der Waals surface area contributed by atoms with Gasteiger partial charge in [0.15, 0.2) is 0 Å². The minimum Gasteiger partial charge on any atom is -0.872 e. The van der Waals surface area contributed by atoms with Gasteiger partial charge in [-0.1, -0.05) is 6.07 Å². The third kappa shape index (κ3) is 5.75. The standard InChI is InChI=1S/C7H6O4.CH5N3/c8-5-1-4(7(10)11)2-6(9)3-5;2-1(3)4/h1-3,8-9H,(H,10,11);(H5,2,3,4). The summed E-state index contributed by atoms with van der Waals surface area (Å²) in [6, 6.07) is 2.91. The molecule has 15 heavy (non-hydrogen) atoms. The van der Waals surface area contributed by atoms with Crippen LogP contribution in [0.2, 0.25) is 0 Å². The highest BCUT2D eigenvalue weighted by atomic mass is 16.4. The zero-order chi connectivity index (χ0) is 12.0. The third-order valence-corrected chi connectivity index (χ3v) is 1.14. The summed E-state index contributed by atoms with van der Waals surface area (Å²) in [5.74, 6) is -2.14. The predicted octanol–water partition coefficient (Wildman–Crippen LogP) is -2.82. The van der Waals surface area contributed by atoms with Crippen molar-refractivity contribution in [2.75, 3.05) is 0 Å². The number of rotatable bonds is 1. The molecule has 8 N–H and O–H groups in total. The Labute approximate surface area is 85.1 Å². The minimum absolute atomic E-state index is 0.0833. The van der Waals surface area contributed by atoms with Gasteiger partial charge in [-0.3, -0.25) is 16.9 Å². The van der Waals surface area contributed by atoms with Crippen LogP contribution in [0, 0.1) is 0 Å². The van der Waals surface area contributed by atoms with Crippen LogP contribution in [0.25, 0.3) is 0 Å². The number of hydrogen-bond acceptors (Lipinski definition) is 3. The summed E-state index contributed by atoms with van der Waals surface area (Å²) in [6.45, 7) is 0. The first-order valence-corrected chi connectivity index (χ1v) is 3.70. The zero-order valence-electron chi connectivity index (χ0n) is 7.68. The Morgan fingerprint density at radius 2 is 1.80 bits per heavy atom. The Bertz CT molecular complexity index is 354. The summed E-state index contributed by atoms with van der Waals surface area (Å²) in [5.41, 5.74) is 8.97. The van der Waals surface area contributed by atoms with E-state index >= 15 is 0 Å². The lowest BCUT2D eigenvalue weighted by atomic mass is 10.2. The number of aromatic hydroxyl groups is 1. The van der Waals surface area contributed by atoms with Crippen LogP contribution in [0.4, 0.5) is 0 Å². The lowest BCUT2D eigenvalue weighted by Gasteiger charge is -2.05. The number of hydrogen-bond donors (Lipinski definition) is 5. The number of phenols is 1. The molecule has 0 radical (unpaired) electrons. The van der Waals surface area contributed by atoms with Crippen LogP contribution in [0.5, 0.6) is 11.5 Å². The monoisotopic (exact) mass is 213 g/mol. The molecule has 0 aliphatic rings. The Morgan fingerprint density at radius 1 is 1.33 bits per heavy atom. The van der Waals surface area contributed by atoms with E-state index in [4.69, 9.17) is 10.2 Å². The number of phenolic OH excluding ortho intramolecular Hbond substituents is 1. The molecule has 0 unspecified atom stereocenters. The summed E-state index contributed by atoms with van der Waals surface area (Å²) in [6.07, 6.45) is 0. The molecule has 82 valence electrons. The molecule has 7 heteroatoms. The largest absolute Gasteiger partial charge is 0.872 e. The molecule has 0 aromatic heterocycles. The highest BCUT2D eigenvalue weighted by Crippen LogP contribution is 2.17. The van der Waals surface area contributed by atoms with Crippen molar-refractivity contribution in [1.82, 2.24) is 0 Å². The van der Waals surface area contributed by atoms with Crippen LogP contribution in [-0.4, -0.2) is 22.1 Å². The van der Waals surface area contributed by atoms with E-state index in [0.717, 1.165) is 18.2 Å². The predicted molar refractivity (Wildman–Crippen MR) is 49.8 cm³/mol. The topological polar surface area (TPSA) is 158 Å². The number of carboxylic acids is 1. The summed E-state index contributed by atoms with van der Waals surface area (Å²) in [5, 5.41) is 32.3. The van der Waals surface area contributed by atoms with Gasteiger partial charge in [-0.15, -0.1) is 5.75 Å². The maximum absolute atomic E-state index is 10.6. The molecule has 0 spiro atoms. The molecule has 0 saturated heterocycles. The summed E-state index contributed by atoms with van der Waals surface area (Å²) >= 11 is 0. The molecule has 0 saturated carbocycles. The van der Waals surface area contributed by atoms with E-state index in [1.54, 1.807) is 0 Å². The highest BCUT2D eigenvalue weighted by molar-refractivity contribution is 5.88. The van der Waals surface area contributed by atoms with Crippen molar-refractivity contribution >= 4 is 11.9 Å². The van der Waals surface area contributed by atoms with E-state index in [9.17, 15) is 9.90 Å². The average molecular weight is 213 g/mol. The molecule has 0 aliphatic carbocycles. The van der Waals surface area contributed by atoms with Crippen molar-refractivity contribution < 1.29 is 25.5 Å². The molecular formula is C8H11N3O4. The van der Waals surface area contributed by atoms with Crippen molar-refractivity contribution in [2.24, 2.45) is 11.5 Å². The quantitative estimate of drug-likeness (QED) is 0.250. The number of benzene rings is 1. The number of nitrogens with two attached hydrogens (primary N) is 3. The number of carboxylic acid groups (broad SMARTS) is 1. The van der Waals surface area contributed by atoms with E-state index in [0.29, 0.717) is 0 Å². The molecular weight excluding hydrogens is 202 g/mol. The van der Waals surface area contributed by atoms with Crippen molar-refractivity contribution in [1.29, 1.82) is 0 Å². The lowest BCUT2D eigenvalue weighted by Crippen LogP contribution is -2.51. The first-order chi connectivity index (χ1) is 6.82. The normalized spacial score (nSPS) is 8.53. The van der Waals surface area contributed by atoms with E-state index in [-0.39, 0.29) is 17.3 Å². The fourth-order valence-electron chi connectivity index (χ4n) is 0.707. The van der Waals surface area contributed by atoms with E-state index in [2.05, 4.69) is 16.9 Å². The SMILES string of the molecule is NC(N)=[NH2+].O=C(O)c1cc([O-])cc(O)c1. The number of carbonyl (C=O) groups is 1. The van der Waals surface area contributed by atoms with Gasteiger partial charge in [-0.25, -0.2) is 4.79 Å². The second-order valence-electron chi connectivity index (χ2n) is 2.52. The number of guanidine groups is 1. The molecule has 0 heterocycles. The molecule has 0 fully saturated rings. The fraction of sp³-hybridized carbons (Fsp3) is 0. The highest BCUT2D eigenvalue weighted by Gasteiger charge is 2.01. The Hall–Kier alpha value is -2.44.